The lowest BCUT2D eigenvalue weighted by Crippen LogP contribution is -2.25. The summed E-state index contributed by atoms with van der Waals surface area (Å²) in [7, 11) is 0. The van der Waals surface area contributed by atoms with Crippen molar-refractivity contribution in [1.29, 1.82) is 0 Å². The van der Waals surface area contributed by atoms with Crippen LogP contribution in [0.5, 0.6) is 0 Å². The Bertz CT molecular complexity index is 404. The predicted molar refractivity (Wildman–Crippen MR) is 63.7 cm³/mol. The number of benzene rings is 1. The van der Waals surface area contributed by atoms with E-state index in [9.17, 15) is 0 Å². The Balaban J connectivity index is 1.63. The number of hydrogen-bond donors (Lipinski definition) is 0. The summed E-state index contributed by atoms with van der Waals surface area (Å²) < 4.78 is 1.41. The van der Waals surface area contributed by atoms with Crippen molar-refractivity contribution in [1.82, 2.24) is 0 Å². The van der Waals surface area contributed by atoms with Crippen molar-refractivity contribution in [2.45, 2.75) is 29.9 Å². The molecule has 1 aliphatic carbocycles. The lowest BCUT2D eigenvalue weighted by Gasteiger charge is -2.15. The number of rotatable bonds is 2. The van der Waals surface area contributed by atoms with Crippen LogP contribution >= 0.6 is 15.9 Å². The third-order valence-electron chi connectivity index (χ3n) is 4.77. The molecule has 0 spiro atoms. The third kappa shape index (κ3) is 0.974. The highest BCUT2D eigenvalue weighted by atomic mass is 79.9. The van der Waals surface area contributed by atoms with Gasteiger partial charge in [0.15, 0.2) is 6.04 Å². The smallest absolute Gasteiger partial charge is 0.155 e. The first-order chi connectivity index (χ1) is 7.31. The van der Waals surface area contributed by atoms with Gasteiger partial charge in [0.05, 0.1) is 11.4 Å². The standard InChI is InChI=1S/C13H15BrN/c14-12-10-6-11-13(12)15(11,8-10)7-9-4-2-1-3-5-9/h1-5,10-13H,6-8H2/q+1/t10-,11-,12-,13+,15+/m0/s1. The molecule has 1 aromatic carbocycles. The normalized spacial score (nSPS) is 49.7. The fraction of sp³-hybridized carbons (Fsp3) is 0.538. The molecule has 78 valence electrons. The van der Waals surface area contributed by atoms with Crippen LogP contribution in [0.3, 0.4) is 0 Å². The van der Waals surface area contributed by atoms with Gasteiger partial charge in [-0.3, -0.25) is 0 Å². The van der Waals surface area contributed by atoms with Gasteiger partial charge in [0.1, 0.15) is 12.6 Å². The van der Waals surface area contributed by atoms with E-state index >= 15 is 0 Å². The Labute approximate surface area is 98.8 Å². The van der Waals surface area contributed by atoms with Crippen molar-refractivity contribution in [3.8, 4) is 0 Å². The maximum absolute atomic E-state index is 3.89. The fourth-order valence-corrected chi connectivity index (χ4v) is 5.39. The molecule has 0 N–H and O–H groups in total. The van der Waals surface area contributed by atoms with Crippen molar-refractivity contribution in [2.75, 3.05) is 6.54 Å². The van der Waals surface area contributed by atoms with Gasteiger partial charge in [-0.2, -0.15) is 0 Å². The second-order valence-electron chi connectivity index (χ2n) is 5.43. The second-order valence-corrected chi connectivity index (χ2v) is 6.48. The molecule has 0 unspecified atom stereocenters. The highest BCUT2D eigenvalue weighted by molar-refractivity contribution is 9.09. The highest BCUT2D eigenvalue weighted by Gasteiger charge is 2.81. The molecule has 4 fully saturated rings. The zero-order chi connectivity index (χ0) is 10.0. The van der Waals surface area contributed by atoms with Crippen molar-refractivity contribution in [3.05, 3.63) is 35.9 Å². The SMILES string of the molecule is Br[C@H]1[C@H]2C[C@H]3[C@H]1[N@+]3(Cc1ccccc1)C2. The van der Waals surface area contributed by atoms with E-state index in [0.29, 0.717) is 0 Å². The van der Waals surface area contributed by atoms with Crippen LogP contribution in [0, 0.1) is 5.92 Å². The van der Waals surface area contributed by atoms with Gasteiger partial charge in [0.2, 0.25) is 0 Å². The van der Waals surface area contributed by atoms with Crippen molar-refractivity contribution in [3.63, 3.8) is 0 Å². The lowest BCUT2D eigenvalue weighted by atomic mass is 10.1. The monoisotopic (exact) mass is 264 g/mol. The second kappa shape index (κ2) is 2.67. The van der Waals surface area contributed by atoms with Crippen LogP contribution in [0.4, 0.5) is 0 Å². The molecule has 0 amide bonds. The van der Waals surface area contributed by atoms with Gasteiger partial charge in [-0.25, -0.2) is 0 Å². The first-order valence-corrected chi connectivity index (χ1v) is 6.77. The predicted octanol–water partition coefficient (Wildman–Crippen LogP) is 2.55. The molecule has 4 aliphatic rings. The molecule has 0 radical (unpaired) electrons. The van der Waals surface area contributed by atoms with Gasteiger partial charge in [-0.15, -0.1) is 0 Å². The molecule has 5 rings (SSSR count). The minimum atomic E-state index is 0.825. The number of piperidine rings is 3. The molecule has 1 saturated carbocycles. The summed E-state index contributed by atoms with van der Waals surface area (Å²) in [6.07, 6.45) is 1.48. The zero-order valence-electron chi connectivity index (χ0n) is 8.64. The van der Waals surface area contributed by atoms with Crippen LogP contribution in [0.2, 0.25) is 0 Å². The van der Waals surface area contributed by atoms with Crippen LogP contribution < -0.4 is 0 Å². The highest BCUT2D eigenvalue weighted by Crippen LogP contribution is 2.64. The molecule has 3 heterocycles. The average molecular weight is 265 g/mol. The summed E-state index contributed by atoms with van der Waals surface area (Å²) in [5, 5.41) is 0. The molecule has 15 heavy (non-hydrogen) atoms. The molecular formula is C13H15BrN+. The van der Waals surface area contributed by atoms with Crippen LogP contribution in [-0.4, -0.2) is 27.9 Å². The van der Waals surface area contributed by atoms with E-state index < -0.39 is 0 Å². The summed E-state index contributed by atoms with van der Waals surface area (Å²) in [6, 6.07) is 13.0. The fourth-order valence-electron chi connectivity index (χ4n) is 4.18. The van der Waals surface area contributed by atoms with E-state index in [0.717, 1.165) is 22.8 Å². The van der Waals surface area contributed by atoms with E-state index in [2.05, 4.69) is 46.3 Å². The largest absolute Gasteiger partial charge is 0.304 e. The minimum Gasteiger partial charge on any atom is -0.304 e. The molecule has 5 atom stereocenters. The minimum absolute atomic E-state index is 0.825. The van der Waals surface area contributed by atoms with E-state index in [1.807, 2.05) is 0 Å². The molecule has 1 nitrogen and oxygen atoms in total. The van der Waals surface area contributed by atoms with Crippen molar-refractivity contribution >= 4 is 15.9 Å². The summed E-state index contributed by atoms with van der Waals surface area (Å²) >= 11 is 3.89. The Morgan fingerprint density at radius 1 is 1.27 bits per heavy atom. The molecule has 2 heteroatoms. The summed E-state index contributed by atoms with van der Waals surface area (Å²) in [5.41, 5.74) is 1.52. The Morgan fingerprint density at radius 2 is 2.07 bits per heavy atom. The van der Waals surface area contributed by atoms with Gasteiger partial charge in [-0.05, 0) is 0 Å². The number of halogens is 1. The number of quaternary nitrogens is 1. The van der Waals surface area contributed by atoms with Gasteiger partial charge in [0.25, 0.3) is 0 Å². The first kappa shape index (κ1) is 8.77. The van der Waals surface area contributed by atoms with Gasteiger partial charge in [-0.1, -0.05) is 46.3 Å². The molecular weight excluding hydrogens is 250 g/mol. The van der Waals surface area contributed by atoms with Gasteiger partial charge < -0.3 is 4.48 Å². The quantitative estimate of drug-likeness (QED) is 0.438. The molecule has 4 bridgehead atoms. The maximum Gasteiger partial charge on any atom is 0.155 e. The Hall–Kier alpha value is -0.340. The van der Waals surface area contributed by atoms with Crippen LogP contribution in [0.15, 0.2) is 30.3 Å². The van der Waals surface area contributed by atoms with E-state index in [1.165, 1.54) is 29.6 Å². The summed E-state index contributed by atoms with van der Waals surface area (Å²) in [4.78, 5) is 0.825. The van der Waals surface area contributed by atoms with Crippen molar-refractivity contribution < 1.29 is 4.48 Å². The Morgan fingerprint density at radius 3 is 2.60 bits per heavy atom. The summed E-state index contributed by atoms with van der Waals surface area (Å²) in [6.45, 7) is 2.70. The topological polar surface area (TPSA) is 0 Å². The Kier molecular flexibility index (Phi) is 1.56. The summed E-state index contributed by atoms with van der Waals surface area (Å²) in [5.74, 6) is 0.976. The third-order valence-corrected chi connectivity index (χ3v) is 6.06. The van der Waals surface area contributed by atoms with E-state index in [1.54, 1.807) is 0 Å². The first-order valence-electron chi connectivity index (χ1n) is 5.86. The molecule has 3 aliphatic heterocycles. The van der Waals surface area contributed by atoms with E-state index in [-0.39, 0.29) is 0 Å². The van der Waals surface area contributed by atoms with Crippen molar-refractivity contribution in [2.24, 2.45) is 5.92 Å². The van der Waals surface area contributed by atoms with E-state index in [4.69, 9.17) is 0 Å². The lowest BCUT2D eigenvalue weighted by molar-refractivity contribution is -0.823. The molecule has 3 saturated heterocycles. The number of hydrogen-bond acceptors (Lipinski definition) is 0. The van der Waals surface area contributed by atoms with Gasteiger partial charge >= 0.3 is 0 Å². The molecule has 0 aromatic heterocycles. The zero-order valence-corrected chi connectivity index (χ0v) is 10.2. The number of alkyl halides is 1. The van der Waals surface area contributed by atoms with Gasteiger partial charge in [0, 0.05) is 17.9 Å². The number of nitrogens with zero attached hydrogens (tertiary/aromatic N) is 1. The molecule has 1 aromatic rings. The van der Waals surface area contributed by atoms with Crippen LogP contribution in [-0.2, 0) is 6.54 Å². The van der Waals surface area contributed by atoms with Crippen LogP contribution in [0.25, 0.3) is 0 Å². The average Bonchev–Trinajstić information content (AvgIpc) is 2.55. The maximum atomic E-state index is 3.89. The van der Waals surface area contributed by atoms with Crippen LogP contribution in [0.1, 0.15) is 12.0 Å².